The van der Waals surface area contributed by atoms with Gasteiger partial charge in [0.1, 0.15) is 11.8 Å². The summed E-state index contributed by atoms with van der Waals surface area (Å²) in [7, 11) is 1.62. The van der Waals surface area contributed by atoms with Crippen LogP contribution in [-0.2, 0) is 4.79 Å². The summed E-state index contributed by atoms with van der Waals surface area (Å²) in [6.45, 7) is 2.02. The summed E-state index contributed by atoms with van der Waals surface area (Å²) in [5.41, 5.74) is 3.40. The molecule has 2 heterocycles. The number of ether oxygens (including phenoxy) is 1. The summed E-state index contributed by atoms with van der Waals surface area (Å²) in [5.74, 6) is 0.545. The van der Waals surface area contributed by atoms with Gasteiger partial charge < -0.3 is 10.1 Å². The number of anilines is 1. The number of thioether (sulfide) groups is 1. The molecule has 0 unspecified atom stereocenters. The molecule has 4 aromatic rings. The molecule has 0 saturated heterocycles. The van der Waals surface area contributed by atoms with Gasteiger partial charge >= 0.3 is 0 Å². The number of aromatic nitrogens is 3. The molecule has 0 aliphatic heterocycles. The van der Waals surface area contributed by atoms with Crippen molar-refractivity contribution in [2.45, 2.75) is 12.1 Å². The summed E-state index contributed by atoms with van der Waals surface area (Å²) in [5, 5.41) is 22.5. The Balaban J connectivity index is 1.62. The third-order valence-corrected chi connectivity index (χ3v) is 5.75. The van der Waals surface area contributed by atoms with Gasteiger partial charge in [-0.05, 0) is 48.9 Å². The smallest absolute Gasteiger partial charge is 0.234 e. The number of hydrogen-bond donors (Lipinski definition) is 1. The molecular weight excluding hydrogens is 422 g/mol. The van der Waals surface area contributed by atoms with E-state index in [1.165, 1.54) is 11.8 Å². The summed E-state index contributed by atoms with van der Waals surface area (Å²) >= 11 is 7.23. The van der Waals surface area contributed by atoms with Crippen molar-refractivity contribution in [3.05, 3.63) is 58.6 Å². The van der Waals surface area contributed by atoms with Crippen molar-refractivity contribution in [3.63, 3.8) is 0 Å². The molecule has 0 atom stereocenters. The number of hydrogen-bond acceptors (Lipinski definition) is 6. The fourth-order valence-corrected chi connectivity index (χ4v) is 4.08. The van der Waals surface area contributed by atoms with Gasteiger partial charge in [0, 0.05) is 16.5 Å². The normalized spacial score (nSPS) is 10.9. The van der Waals surface area contributed by atoms with Crippen molar-refractivity contribution in [2.75, 3.05) is 18.2 Å². The largest absolute Gasteiger partial charge is 0.497 e. The Morgan fingerprint density at radius 1 is 1.27 bits per heavy atom. The zero-order chi connectivity index (χ0) is 21.3. The quantitative estimate of drug-likeness (QED) is 0.463. The molecule has 1 N–H and O–H groups in total. The number of methoxy groups -OCH3 is 1. The van der Waals surface area contributed by atoms with Gasteiger partial charge in [-0.15, -0.1) is 10.2 Å². The first-order valence-electron chi connectivity index (χ1n) is 8.95. The van der Waals surface area contributed by atoms with E-state index in [9.17, 15) is 10.1 Å². The van der Waals surface area contributed by atoms with Crippen LogP contribution in [0.3, 0.4) is 0 Å². The predicted octanol–water partition coefficient (Wildman–Crippen LogP) is 4.46. The maximum atomic E-state index is 12.5. The number of nitriles is 1. The van der Waals surface area contributed by atoms with Crippen LogP contribution in [-0.4, -0.2) is 33.4 Å². The average Bonchev–Trinajstić information content (AvgIpc) is 3.15. The molecule has 30 heavy (non-hydrogen) atoms. The Labute approximate surface area is 181 Å². The molecule has 0 bridgehead atoms. The summed E-state index contributed by atoms with van der Waals surface area (Å²) in [6, 6.07) is 14.5. The number of halogens is 1. The van der Waals surface area contributed by atoms with Crippen LogP contribution in [0.2, 0.25) is 5.02 Å². The van der Waals surface area contributed by atoms with E-state index >= 15 is 0 Å². The van der Waals surface area contributed by atoms with Gasteiger partial charge in [-0.1, -0.05) is 23.4 Å². The minimum atomic E-state index is -0.274. The molecule has 0 spiro atoms. The van der Waals surface area contributed by atoms with Crippen molar-refractivity contribution < 1.29 is 9.53 Å². The lowest BCUT2D eigenvalue weighted by Crippen LogP contribution is -2.15. The lowest BCUT2D eigenvalue weighted by atomic mass is 10.1. The first-order valence-corrected chi connectivity index (χ1v) is 10.3. The number of aryl methyl sites for hydroxylation is 1. The zero-order valence-electron chi connectivity index (χ0n) is 16.1. The Kier molecular flexibility index (Phi) is 5.48. The molecule has 0 fully saturated rings. The van der Waals surface area contributed by atoms with Crippen molar-refractivity contribution >= 4 is 51.5 Å². The van der Waals surface area contributed by atoms with Gasteiger partial charge in [-0.3, -0.25) is 9.20 Å². The van der Waals surface area contributed by atoms with E-state index in [1.54, 1.807) is 25.3 Å². The molecule has 0 aliphatic rings. The Hall–Kier alpha value is -3.28. The minimum Gasteiger partial charge on any atom is -0.497 e. The second-order valence-corrected chi connectivity index (χ2v) is 7.90. The number of pyridine rings is 1. The molecule has 7 nitrogen and oxygen atoms in total. The van der Waals surface area contributed by atoms with Gasteiger partial charge in [0.2, 0.25) is 5.91 Å². The highest BCUT2D eigenvalue weighted by atomic mass is 35.5. The van der Waals surface area contributed by atoms with Crippen molar-refractivity contribution in [1.82, 2.24) is 14.6 Å². The van der Waals surface area contributed by atoms with E-state index in [2.05, 4.69) is 15.5 Å². The van der Waals surface area contributed by atoms with Gasteiger partial charge in [0.15, 0.2) is 10.8 Å². The number of carbonyl (C=O) groups excluding carboxylic acids is 1. The molecule has 0 radical (unpaired) electrons. The third kappa shape index (κ3) is 3.77. The summed E-state index contributed by atoms with van der Waals surface area (Å²) in [4.78, 5) is 12.5. The van der Waals surface area contributed by atoms with E-state index in [1.807, 2.05) is 41.7 Å². The molecule has 9 heteroatoms. The Morgan fingerprint density at radius 2 is 2.10 bits per heavy atom. The number of benzene rings is 2. The lowest BCUT2D eigenvalue weighted by molar-refractivity contribution is -0.113. The van der Waals surface area contributed by atoms with Crippen LogP contribution in [0.15, 0.2) is 47.6 Å². The lowest BCUT2D eigenvalue weighted by Gasteiger charge is -2.10. The molecular formula is C21H16ClN5O2S. The van der Waals surface area contributed by atoms with E-state index in [-0.39, 0.29) is 11.7 Å². The van der Waals surface area contributed by atoms with Gasteiger partial charge in [-0.25, -0.2) is 0 Å². The number of nitrogens with zero attached hydrogens (tertiary/aromatic N) is 4. The molecule has 2 aromatic heterocycles. The van der Waals surface area contributed by atoms with Crippen LogP contribution in [0.1, 0.15) is 11.1 Å². The maximum Gasteiger partial charge on any atom is 0.234 e. The van der Waals surface area contributed by atoms with E-state index in [4.69, 9.17) is 16.3 Å². The summed E-state index contributed by atoms with van der Waals surface area (Å²) < 4.78 is 7.27. The van der Waals surface area contributed by atoms with Crippen molar-refractivity contribution in [3.8, 4) is 11.8 Å². The minimum absolute atomic E-state index is 0.0948. The second kappa shape index (κ2) is 8.22. The molecule has 150 valence electrons. The van der Waals surface area contributed by atoms with Crippen LogP contribution >= 0.6 is 23.4 Å². The number of rotatable bonds is 5. The second-order valence-electron chi connectivity index (χ2n) is 6.53. The van der Waals surface area contributed by atoms with Crippen LogP contribution in [0, 0.1) is 18.3 Å². The third-order valence-electron chi connectivity index (χ3n) is 4.58. The Morgan fingerprint density at radius 3 is 2.87 bits per heavy atom. The van der Waals surface area contributed by atoms with Crippen LogP contribution < -0.4 is 10.1 Å². The SMILES string of the molecule is COc1ccc2c(C)cc3nnc(SCC(=O)Nc4cc(Cl)ccc4C#N)n3c2c1. The molecule has 4 rings (SSSR count). The van der Waals surface area contributed by atoms with Crippen LogP contribution in [0.5, 0.6) is 5.75 Å². The monoisotopic (exact) mass is 437 g/mol. The van der Waals surface area contributed by atoms with E-state index in [0.29, 0.717) is 27.1 Å². The van der Waals surface area contributed by atoms with E-state index in [0.717, 1.165) is 22.2 Å². The number of amides is 1. The topological polar surface area (TPSA) is 92.3 Å². The average molecular weight is 438 g/mol. The van der Waals surface area contributed by atoms with Crippen LogP contribution in [0.25, 0.3) is 16.6 Å². The number of nitrogens with one attached hydrogen (secondary N) is 1. The first kappa shape index (κ1) is 20.0. The zero-order valence-corrected chi connectivity index (χ0v) is 17.7. The highest BCUT2D eigenvalue weighted by molar-refractivity contribution is 7.99. The van der Waals surface area contributed by atoms with Gasteiger partial charge in [-0.2, -0.15) is 5.26 Å². The standard InChI is InChI=1S/C21H16ClN5O2S/c1-12-7-19-25-26-21(27(19)18-9-15(29-2)5-6-16(12)18)30-11-20(28)24-17-8-14(22)4-3-13(17)10-23/h3-9H,11H2,1-2H3,(H,24,28). The highest BCUT2D eigenvalue weighted by Gasteiger charge is 2.15. The Bertz CT molecular complexity index is 1330. The number of carbonyl (C=O) groups is 1. The fraction of sp³-hybridized carbons (Fsp3) is 0.143. The highest BCUT2D eigenvalue weighted by Crippen LogP contribution is 2.29. The number of fused-ring (bicyclic) bond motifs is 3. The van der Waals surface area contributed by atoms with Gasteiger partial charge in [0.05, 0.1) is 29.6 Å². The van der Waals surface area contributed by atoms with Gasteiger partial charge in [0.25, 0.3) is 0 Å². The molecule has 2 aromatic carbocycles. The maximum absolute atomic E-state index is 12.5. The van der Waals surface area contributed by atoms with Crippen molar-refractivity contribution in [1.29, 1.82) is 5.26 Å². The van der Waals surface area contributed by atoms with Crippen molar-refractivity contribution in [2.24, 2.45) is 0 Å². The summed E-state index contributed by atoms with van der Waals surface area (Å²) in [6.07, 6.45) is 0. The molecule has 0 saturated carbocycles. The first-order chi connectivity index (χ1) is 14.5. The molecule has 0 aliphatic carbocycles. The predicted molar refractivity (Wildman–Crippen MR) is 117 cm³/mol. The molecule has 1 amide bonds. The fourth-order valence-electron chi connectivity index (χ4n) is 3.16. The van der Waals surface area contributed by atoms with Crippen LogP contribution in [0.4, 0.5) is 5.69 Å². The van der Waals surface area contributed by atoms with E-state index < -0.39 is 0 Å².